The van der Waals surface area contributed by atoms with Crippen LogP contribution in [0.2, 0.25) is 0 Å². The third kappa shape index (κ3) is 4.08. The van der Waals surface area contributed by atoms with E-state index in [9.17, 15) is 22.8 Å². The van der Waals surface area contributed by atoms with Crippen molar-refractivity contribution < 1.29 is 27.5 Å². The molecular weight excluding hydrogens is 455 g/mol. The summed E-state index contributed by atoms with van der Waals surface area (Å²) in [6, 6.07) is 3.20. The number of carbonyl (C=O) groups is 2. The van der Waals surface area contributed by atoms with Crippen LogP contribution in [-0.2, 0) is 0 Å². The van der Waals surface area contributed by atoms with Gasteiger partial charge in [0.1, 0.15) is 11.6 Å². The zero-order valence-corrected chi connectivity index (χ0v) is 18.0. The number of H-pyrrole nitrogens is 1. The highest BCUT2D eigenvalue weighted by molar-refractivity contribution is 6.05. The van der Waals surface area contributed by atoms with Gasteiger partial charge in [-0.1, -0.05) is 0 Å². The van der Waals surface area contributed by atoms with E-state index in [0.717, 1.165) is 31.2 Å². The molecule has 34 heavy (non-hydrogen) atoms. The number of aromatic nitrogens is 4. The van der Waals surface area contributed by atoms with Crippen LogP contribution in [0.25, 0.3) is 11.0 Å². The molecule has 5 rings (SSSR count). The first kappa shape index (κ1) is 21.9. The van der Waals surface area contributed by atoms with Crippen molar-refractivity contribution in [3.05, 3.63) is 42.4 Å². The Morgan fingerprint density at radius 1 is 1.24 bits per heavy atom. The number of rotatable bonds is 4. The van der Waals surface area contributed by atoms with Gasteiger partial charge in [0.15, 0.2) is 5.65 Å². The number of aromatic amines is 1. The number of likely N-dealkylation sites (tertiary alicyclic amines) is 1. The van der Waals surface area contributed by atoms with Gasteiger partial charge in [-0.05, 0) is 25.0 Å². The van der Waals surface area contributed by atoms with Crippen molar-refractivity contribution >= 4 is 28.8 Å². The monoisotopic (exact) mass is 475 g/mol. The quantitative estimate of drug-likeness (QED) is 0.599. The molecule has 3 amide bonds. The van der Waals surface area contributed by atoms with Crippen LogP contribution >= 0.6 is 0 Å². The molecule has 1 saturated heterocycles. The lowest BCUT2D eigenvalue weighted by atomic mass is 9.60. The van der Waals surface area contributed by atoms with Gasteiger partial charge in [-0.3, -0.25) is 15.2 Å². The topological polar surface area (TPSA) is 116 Å². The van der Waals surface area contributed by atoms with E-state index in [2.05, 4.69) is 30.2 Å². The minimum absolute atomic E-state index is 0.0316. The standard InChI is InChI=1S/C21H20F3N7O3/c1-30(19(33)28-16-6-13(2-4-25-16)34-21(22,23)24)12-7-20(8-12)10-31(11-20)18(32)14-3-5-26-17-15(14)9-27-29-17/h2-6,9,12H,7-8,10-11H2,1H3,(H,25,28,33)(H,26,27,29). The maximum absolute atomic E-state index is 12.9. The first-order chi connectivity index (χ1) is 16.1. The summed E-state index contributed by atoms with van der Waals surface area (Å²) in [7, 11) is 1.62. The van der Waals surface area contributed by atoms with Crippen LogP contribution in [0.4, 0.5) is 23.8 Å². The predicted octanol–water partition coefficient (Wildman–Crippen LogP) is 3.02. The molecule has 13 heteroatoms. The van der Waals surface area contributed by atoms with Gasteiger partial charge >= 0.3 is 12.4 Å². The van der Waals surface area contributed by atoms with Crippen molar-refractivity contribution in [3.8, 4) is 5.75 Å². The highest BCUT2D eigenvalue weighted by atomic mass is 19.4. The molecule has 3 aromatic heterocycles. The van der Waals surface area contributed by atoms with E-state index in [1.54, 1.807) is 30.4 Å². The average molecular weight is 475 g/mol. The van der Waals surface area contributed by atoms with Gasteiger partial charge in [0, 0.05) is 50.1 Å². The van der Waals surface area contributed by atoms with Crippen LogP contribution in [0.1, 0.15) is 23.2 Å². The van der Waals surface area contributed by atoms with Gasteiger partial charge < -0.3 is 14.5 Å². The number of halogens is 3. The van der Waals surface area contributed by atoms with Crippen molar-refractivity contribution in [1.82, 2.24) is 30.0 Å². The van der Waals surface area contributed by atoms with E-state index < -0.39 is 18.1 Å². The predicted molar refractivity (Wildman–Crippen MR) is 113 cm³/mol. The molecule has 3 aromatic rings. The molecule has 10 nitrogen and oxygen atoms in total. The van der Waals surface area contributed by atoms with E-state index in [1.165, 1.54) is 4.90 Å². The molecule has 4 heterocycles. The molecule has 178 valence electrons. The molecule has 1 saturated carbocycles. The Hall–Kier alpha value is -3.90. The lowest BCUT2D eigenvalue weighted by Crippen LogP contribution is -2.67. The van der Waals surface area contributed by atoms with E-state index in [-0.39, 0.29) is 23.2 Å². The number of nitrogens with zero attached hydrogens (tertiary/aromatic N) is 5. The number of alkyl halides is 3. The SMILES string of the molecule is CN(C(=O)Nc1cc(OC(F)(F)F)ccn1)C1CC2(C1)CN(C(=O)c1ccnc3[nH]ncc13)C2. The van der Waals surface area contributed by atoms with Gasteiger partial charge in [0.2, 0.25) is 0 Å². The first-order valence-corrected chi connectivity index (χ1v) is 10.5. The Morgan fingerprint density at radius 2 is 1.97 bits per heavy atom. The van der Waals surface area contributed by atoms with Crippen molar-refractivity contribution in [1.29, 1.82) is 0 Å². The maximum Gasteiger partial charge on any atom is 0.573 e. The average Bonchev–Trinajstić information content (AvgIpc) is 3.19. The number of hydrogen-bond donors (Lipinski definition) is 2. The van der Waals surface area contributed by atoms with Crippen molar-refractivity contribution in [3.63, 3.8) is 0 Å². The molecule has 2 fully saturated rings. The number of urea groups is 1. The van der Waals surface area contributed by atoms with E-state index in [4.69, 9.17) is 0 Å². The number of fused-ring (bicyclic) bond motifs is 1. The van der Waals surface area contributed by atoms with Gasteiger partial charge in [0.05, 0.1) is 17.1 Å². The van der Waals surface area contributed by atoms with Crippen LogP contribution in [-0.4, -0.2) is 74.4 Å². The summed E-state index contributed by atoms with van der Waals surface area (Å²) in [4.78, 5) is 36.7. The Labute approximate surface area is 191 Å². The third-order valence-corrected chi connectivity index (χ3v) is 6.33. The minimum atomic E-state index is -4.83. The molecule has 0 unspecified atom stereocenters. The lowest BCUT2D eigenvalue weighted by Gasteiger charge is -2.60. The number of carbonyl (C=O) groups excluding carboxylic acids is 2. The van der Waals surface area contributed by atoms with Crippen molar-refractivity contribution in [2.45, 2.75) is 25.2 Å². The lowest BCUT2D eigenvalue weighted by molar-refractivity contribution is -0.274. The summed E-state index contributed by atoms with van der Waals surface area (Å²) in [5.74, 6) is -0.596. The summed E-state index contributed by atoms with van der Waals surface area (Å²) in [5.41, 5.74) is 1.07. The summed E-state index contributed by atoms with van der Waals surface area (Å²) in [6.07, 6.45) is 0.883. The summed E-state index contributed by atoms with van der Waals surface area (Å²) in [6.45, 7) is 1.19. The van der Waals surface area contributed by atoms with Gasteiger partial charge in [0.25, 0.3) is 5.91 Å². The molecule has 0 atom stereocenters. The Morgan fingerprint density at radius 3 is 2.71 bits per heavy atom. The Balaban J connectivity index is 1.14. The zero-order valence-electron chi connectivity index (χ0n) is 18.0. The molecule has 1 spiro atoms. The highest BCUT2D eigenvalue weighted by Gasteiger charge is 2.55. The second kappa shape index (κ2) is 7.85. The summed E-state index contributed by atoms with van der Waals surface area (Å²) < 4.78 is 41.0. The largest absolute Gasteiger partial charge is 0.573 e. The second-order valence-corrected chi connectivity index (χ2v) is 8.68. The first-order valence-electron chi connectivity index (χ1n) is 10.5. The summed E-state index contributed by atoms with van der Waals surface area (Å²) >= 11 is 0. The second-order valence-electron chi connectivity index (χ2n) is 8.68. The number of nitrogens with one attached hydrogen (secondary N) is 2. The third-order valence-electron chi connectivity index (χ3n) is 6.33. The number of amides is 3. The minimum Gasteiger partial charge on any atom is -0.406 e. The van der Waals surface area contributed by atoms with Gasteiger partial charge in [-0.25, -0.2) is 14.8 Å². The number of hydrogen-bond acceptors (Lipinski definition) is 6. The van der Waals surface area contributed by atoms with Crippen molar-refractivity contribution in [2.24, 2.45) is 5.41 Å². The van der Waals surface area contributed by atoms with E-state index >= 15 is 0 Å². The van der Waals surface area contributed by atoms with E-state index in [1.807, 2.05) is 0 Å². The summed E-state index contributed by atoms with van der Waals surface area (Å²) in [5, 5.41) is 9.86. The maximum atomic E-state index is 12.9. The fraction of sp³-hybridized carbons (Fsp3) is 0.381. The van der Waals surface area contributed by atoms with Crippen LogP contribution in [0.15, 0.2) is 36.8 Å². The molecule has 2 aliphatic rings. The van der Waals surface area contributed by atoms with Crippen LogP contribution in [0, 0.1) is 5.41 Å². The van der Waals surface area contributed by atoms with Crippen LogP contribution < -0.4 is 10.1 Å². The molecule has 1 aliphatic carbocycles. The van der Waals surface area contributed by atoms with Gasteiger partial charge in [-0.2, -0.15) is 5.10 Å². The Bertz CT molecular complexity index is 1250. The smallest absolute Gasteiger partial charge is 0.406 e. The number of pyridine rings is 2. The molecule has 0 bridgehead atoms. The van der Waals surface area contributed by atoms with Gasteiger partial charge in [-0.15, -0.1) is 13.2 Å². The fourth-order valence-corrected chi connectivity index (χ4v) is 4.63. The molecule has 0 radical (unpaired) electrons. The van der Waals surface area contributed by atoms with E-state index in [0.29, 0.717) is 29.7 Å². The number of anilines is 1. The zero-order chi connectivity index (χ0) is 24.1. The fourth-order valence-electron chi connectivity index (χ4n) is 4.63. The van der Waals surface area contributed by atoms with Crippen LogP contribution in [0.5, 0.6) is 5.75 Å². The van der Waals surface area contributed by atoms with Crippen LogP contribution in [0.3, 0.4) is 0 Å². The normalized spacial score (nSPS) is 17.2. The molecule has 2 N–H and O–H groups in total. The molecule has 0 aromatic carbocycles. The molecular formula is C21H20F3N7O3. The Kier molecular flexibility index (Phi) is 5.06. The number of ether oxygens (including phenoxy) is 1. The highest BCUT2D eigenvalue weighted by Crippen LogP contribution is 2.50. The van der Waals surface area contributed by atoms with Crippen molar-refractivity contribution in [2.75, 3.05) is 25.5 Å². The molecule has 1 aliphatic heterocycles.